The summed E-state index contributed by atoms with van der Waals surface area (Å²) in [5.74, 6) is 1.11. The van der Waals surface area contributed by atoms with Crippen LogP contribution in [-0.2, 0) is 11.8 Å². The number of nitrogens with zero attached hydrogens (tertiary/aromatic N) is 3. The first kappa shape index (κ1) is 18.3. The maximum absolute atomic E-state index is 12.3. The van der Waals surface area contributed by atoms with Crippen LogP contribution in [0.5, 0.6) is 5.75 Å². The molecular formula is C20H27N3O3. The third kappa shape index (κ3) is 3.84. The molecule has 0 bridgehead atoms. The Bertz CT molecular complexity index is 792. The summed E-state index contributed by atoms with van der Waals surface area (Å²) in [6.45, 7) is 6.86. The molecule has 1 amide bonds. The molecule has 3 rings (SSSR count). The quantitative estimate of drug-likeness (QED) is 0.838. The normalized spacial score (nSPS) is 16.6. The average Bonchev–Trinajstić information content (AvgIpc) is 2.99. The van der Waals surface area contributed by atoms with Crippen molar-refractivity contribution >= 4 is 6.09 Å². The van der Waals surface area contributed by atoms with E-state index in [4.69, 9.17) is 9.47 Å². The van der Waals surface area contributed by atoms with Gasteiger partial charge < -0.3 is 18.9 Å². The Morgan fingerprint density at radius 1 is 1.42 bits per heavy atom. The summed E-state index contributed by atoms with van der Waals surface area (Å²) in [5.41, 5.74) is 2.69. The molecular weight excluding hydrogens is 330 g/mol. The van der Waals surface area contributed by atoms with Gasteiger partial charge in [-0.2, -0.15) is 0 Å². The summed E-state index contributed by atoms with van der Waals surface area (Å²) < 4.78 is 13.5. The number of likely N-dealkylation sites (N-methyl/N-ethyl adjacent to an activating group) is 1. The van der Waals surface area contributed by atoms with Crippen molar-refractivity contribution in [3.63, 3.8) is 0 Å². The zero-order valence-corrected chi connectivity index (χ0v) is 16.2. The summed E-state index contributed by atoms with van der Waals surface area (Å²) in [6, 6.07) is 6.17. The van der Waals surface area contributed by atoms with Crippen molar-refractivity contribution in [3.05, 3.63) is 36.3 Å². The molecule has 0 fully saturated rings. The molecule has 0 spiro atoms. The van der Waals surface area contributed by atoms with Crippen molar-refractivity contribution in [3.8, 4) is 17.0 Å². The van der Waals surface area contributed by atoms with Crippen molar-refractivity contribution in [2.45, 2.75) is 38.7 Å². The van der Waals surface area contributed by atoms with Crippen LogP contribution in [0.15, 0.2) is 30.7 Å². The maximum atomic E-state index is 12.3. The number of hydrogen-bond acceptors (Lipinski definition) is 4. The van der Waals surface area contributed by atoms with Gasteiger partial charge in [0.15, 0.2) is 0 Å². The maximum Gasteiger partial charge on any atom is 0.410 e. The number of aromatic nitrogens is 2. The molecule has 2 heterocycles. The fourth-order valence-electron chi connectivity index (χ4n) is 3.25. The van der Waals surface area contributed by atoms with Gasteiger partial charge in [0, 0.05) is 32.1 Å². The van der Waals surface area contributed by atoms with Gasteiger partial charge in [0.25, 0.3) is 0 Å². The highest BCUT2D eigenvalue weighted by molar-refractivity contribution is 5.71. The summed E-state index contributed by atoms with van der Waals surface area (Å²) in [7, 11) is 3.76. The number of amides is 1. The number of para-hydroxylation sites is 1. The minimum Gasteiger partial charge on any atom is -0.493 e. The van der Waals surface area contributed by atoms with Crippen LogP contribution in [0.2, 0.25) is 0 Å². The van der Waals surface area contributed by atoms with E-state index >= 15 is 0 Å². The van der Waals surface area contributed by atoms with Gasteiger partial charge in [0.1, 0.15) is 11.4 Å². The number of aryl methyl sites for hydroxylation is 1. The highest BCUT2D eigenvalue weighted by atomic mass is 16.6. The van der Waals surface area contributed by atoms with Gasteiger partial charge in [-0.05, 0) is 38.8 Å². The lowest BCUT2D eigenvalue weighted by Crippen LogP contribution is -2.37. The average molecular weight is 357 g/mol. The van der Waals surface area contributed by atoms with Crippen molar-refractivity contribution in [2.75, 3.05) is 20.2 Å². The van der Waals surface area contributed by atoms with Crippen LogP contribution in [0.25, 0.3) is 11.3 Å². The predicted octanol–water partition coefficient (Wildman–Crippen LogP) is 3.82. The fourth-order valence-corrected chi connectivity index (χ4v) is 3.25. The van der Waals surface area contributed by atoms with Crippen LogP contribution in [0.3, 0.4) is 0 Å². The minimum absolute atomic E-state index is 0.212. The first-order valence-electron chi connectivity index (χ1n) is 8.93. The molecule has 6 heteroatoms. The van der Waals surface area contributed by atoms with Gasteiger partial charge in [-0.1, -0.05) is 12.1 Å². The van der Waals surface area contributed by atoms with Crippen LogP contribution in [-0.4, -0.2) is 46.3 Å². The Hall–Kier alpha value is -2.50. The van der Waals surface area contributed by atoms with Gasteiger partial charge in [0.05, 0.1) is 24.8 Å². The van der Waals surface area contributed by atoms with Crippen molar-refractivity contribution in [2.24, 2.45) is 7.05 Å². The Labute approximate surface area is 154 Å². The SMILES string of the molecule is CN(C[C@@H]1CCOc2c(-c3cncn3C)cccc21)C(=O)OC(C)(C)C. The number of rotatable bonds is 3. The molecule has 1 aromatic carbocycles. The number of carbonyl (C=O) groups excluding carboxylic acids is 1. The van der Waals surface area contributed by atoms with Gasteiger partial charge in [-0.25, -0.2) is 9.78 Å². The van der Waals surface area contributed by atoms with Crippen molar-refractivity contribution in [1.29, 1.82) is 0 Å². The van der Waals surface area contributed by atoms with E-state index in [-0.39, 0.29) is 12.0 Å². The van der Waals surface area contributed by atoms with Gasteiger partial charge in [-0.15, -0.1) is 0 Å². The first-order valence-corrected chi connectivity index (χ1v) is 8.93. The standard InChI is InChI=1S/C20H27N3O3/c1-20(2,3)26-19(24)22(4)12-14-9-10-25-18-15(14)7-6-8-16(18)17-11-21-13-23(17)5/h6-8,11,13-14H,9-10,12H2,1-5H3/t14-/m0/s1. The molecule has 140 valence electrons. The van der Waals surface area contributed by atoms with Gasteiger partial charge in [-0.3, -0.25) is 0 Å². The summed E-state index contributed by atoms with van der Waals surface area (Å²) in [5, 5.41) is 0. The highest BCUT2D eigenvalue weighted by Gasteiger charge is 2.28. The Morgan fingerprint density at radius 2 is 2.19 bits per heavy atom. The number of carbonyl (C=O) groups is 1. The number of imidazole rings is 1. The van der Waals surface area contributed by atoms with Crippen LogP contribution < -0.4 is 4.74 Å². The van der Waals surface area contributed by atoms with E-state index < -0.39 is 5.60 Å². The third-order valence-electron chi connectivity index (χ3n) is 4.49. The molecule has 26 heavy (non-hydrogen) atoms. The second kappa shape index (κ2) is 7.02. The topological polar surface area (TPSA) is 56.6 Å². The molecule has 0 radical (unpaired) electrons. The lowest BCUT2D eigenvalue weighted by molar-refractivity contribution is 0.0281. The molecule has 1 aliphatic rings. The lowest BCUT2D eigenvalue weighted by atomic mass is 9.90. The van der Waals surface area contributed by atoms with Crippen molar-refractivity contribution in [1.82, 2.24) is 14.5 Å². The Morgan fingerprint density at radius 3 is 2.85 bits per heavy atom. The zero-order valence-electron chi connectivity index (χ0n) is 16.2. The number of fused-ring (bicyclic) bond motifs is 1. The minimum atomic E-state index is -0.494. The van der Waals surface area contributed by atoms with E-state index in [2.05, 4.69) is 17.1 Å². The second-order valence-corrected chi connectivity index (χ2v) is 7.81. The van der Waals surface area contributed by atoms with Crippen LogP contribution in [0, 0.1) is 0 Å². The molecule has 0 unspecified atom stereocenters. The number of hydrogen-bond donors (Lipinski definition) is 0. The van der Waals surface area contributed by atoms with Crippen LogP contribution in [0.4, 0.5) is 4.79 Å². The summed E-state index contributed by atoms with van der Waals surface area (Å²) >= 11 is 0. The van der Waals surface area contributed by atoms with Gasteiger partial charge in [0.2, 0.25) is 0 Å². The molecule has 1 atom stereocenters. The molecule has 0 saturated carbocycles. The molecule has 0 aliphatic carbocycles. The lowest BCUT2D eigenvalue weighted by Gasteiger charge is -2.31. The first-order chi connectivity index (χ1) is 12.3. The van der Waals surface area contributed by atoms with Crippen LogP contribution in [0.1, 0.15) is 38.7 Å². The Kier molecular flexibility index (Phi) is 4.94. The molecule has 6 nitrogen and oxygen atoms in total. The van der Waals surface area contributed by atoms with E-state index in [1.807, 2.05) is 44.6 Å². The zero-order chi connectivity index (χ0) is 18.9. The summed E-state index contributed by atoms with van der Waals surface area (Å²) in [6.07, 6.45) is 4.20. The molecule has 0 N–H and O–H groups in total. The monoisotopic (exact) mass is 357 g/mol. The smallest absolute Gasteiger partial charge is 0.410 e. The largest absolute Gasteiger partial charge is 0.493 e. The van der Waals surface area contributed by atoms with Crippen molar-refractivity contribution < 1.29 is 14.3 Å². The highest BCUT2D eigenvalue weighted by Crippen LogP contribution is 2.41. The summed E-state index contributed by atoms with van der Waals surface area (Å²) in [4.78, 5) is 18.2. The van der Waals surface area contributed by atoms with Crippen LogP contribution >= 0.6 is 0 Å². The second-order valence-electron chi connectivity index (χ2n) is 7.81. The predicted molar refractivity (Wildman–Crippen MR) is 100 cm³/mol. The van der Waals surface area contributed by atoms with E-state index in [9.17, 15) is 4.79 Å². The van der Waals surface area contributed by atoms with E-state index in [1.54, 1.807) is 18.3 Å². The molecule has 2 aromatic rings. The van der Waals surface area contributed by atoms with Gasteiger partial charge >= 0.3 is 6.09 Å². The number of benzene rings is 1. The van der Waals surface area contributed by atoms with E-state index in [0.29, 0.717) is 13.2 Å². The molecule has 0 saturated heterocycles. The van der Waals surface area contributed by atoms with E-state index in [0.717, 1.165) is 29.0 Å². The third-order valence-corrected chi connectivity index (χ3v) is 4.49. The number of ether oxygens (including phenoxy) is 2. The molecule has 1 aromatic heterocycles. The van der Waals surface area contributed by atoms with E-state index in [1.165, 1.54) is 0 Å². The Balaban J connectivity index is 1.84. The molecule has 1 aliphatic heterocycles. The fraction of sp³-hybridized carbons (Fsp3) is 0.500.